The summed E-state index contributed by atoms with van der Waals surface area (Å²) in [4.78, 5) is 19.0. The summed E-state index contributed by atoms with van der Waals surface area (Å²) in [5.74, 6) is 5.25. The fraction of sp³-hybridized carbons (Fsp3) is 0.457. The number of ether oxygens (including phenoxy) is 2. The lowest BCUT2D eigenvalue weighted by atomic mass is 9.85. The van der Waals surface area contributed by atoms with Crippen molar-refractivity contribution >= 4 is 27.5 Å². The summed E-state index contributed by atoms with van der Waals surface area (Å²) in [5.41, 5.74) is 0.235. The molecule has 4 saturated heterocycles. The van der Waals surface area contributed by atoms with Crippen LogP contribution in [0.2, 0.25) is 0 Å². The smallest absolute Gasteiger partial charge is 0.319 e. The van der Waals surface area contributed by atoms with Gasteiger partial charge in [0, 0.05) is 25.1 Å². The molecule has 1 unspecified atom stereocenters. The number of benzene rings is 2. The van der Waals surface area contributed by atoms with E-state index >= 15 is 4.39 Å². The van der Waals surface area contributed by atoms with Crippen molar-refractivity contribution in [3.8, 4) is 34.9 Å². The number of phenolic OH excluding ortho intramolecular Hbond substituents is 1. The van der Waals surface area contributed by atoms with Gasteiger partial charge in [-0.15, -0.1) is 0 Å². The van der Waals surface area contributed by atoms with Crippen LogP contribution in [0, 0.1) is 23.5 Å². The van der Waals surface area contributed by atoms with Crippen LogP contribution in [0.5, 0.6) is 11.8 Å². The number of hydrogen-bond donors (Lipinski definition) is 1. The third-order valence-electron chi connectivity index (χ3n) is 10.2. The highest BCUT2D eigenvalue weighted by Gasteiger charge is 2.46. The van der Waals surface area contributed by atoms with Gasteiger partial charge in [0.1, 0.15) is 40.9 Å². The van der Waals surface area contributed by atoms with Crippen LogP contribution in [0.25, 0.3) is 32.9 Å². The summed E-state index contributed by atoms with van der Waals surface area (Å²) in [6.07, 6.45) is 7.21. The largest absolute Gasteiger partial charge is 0.508 e. The lowest BCUT2D eigenvalue weighted by Gasteiger charge is -2.48. The lowest BCUT2D eigenvalue weighted by Crippen LogP contribution is -2.56. The van der Waals surface area contributed by atoms with Crippen molar-refractivity contribution in [2.75, 3.05) is 44.3 Å². The first-order chi connectivity index (χ1) is 21.9. The van der Waals surface area contributed by atoms with Gasteiger partial charge < -0.3 is 19.5 Å². The zero-order chi connectivity index (χ0) is 30.8. The van der Waals surface area contributed by atoms with E-state index in [4.69, 9.17) is 24.4 Å². The van der Waals surface area contributed by atoms with Crippen molar-refractivity contribution in [3.63, 3.8) is 0 Å². The molecule has 4 aromatic rings. The van der Waals surface area contributed by atoms with Crippen molar-refractivity contribution in [2.45, 2.75) is 63.0 Å². The molecule has 2 aromatic heterocycles. The summed E-state index contributed by atoms with van der Waals surface area (Å²) >= 11 is 0. The maximum absolute atomic E-state index is 17.0. The molecule has 232 valence electrons. The second-order valence-corrected chi connectivity index (χ2v) is 12.9. The average Bonchev–Trinajstić information content (AvgIpc) is 3.61. The summed E-state index contributed by atoms with van der Waals surface area (Å²) in [7, 11) is 0. The number of anilines is 1. The van der Waals surface area contributed by atoms with Gasteiger partial charge in [-0.1, -0.05) is 12.0 Å². The molecule has 0 aliphatic carbocycles. The zero-order valence-corrected chi connectivity index (χ0v) is 25.3. The molecular weight excluding hydrogens is 576 g/mol. The van der Waals surface area contributed by atoms with Gasteiger partial charge in [-0.3, -0.25) is 4.90 Å². The van der Waals surface area contributed by atoms with Crippen molar-refractivity contribution in [1.82, 2.24) is 19.9 Å². The van der Waals surface area contributed by atoms with Crippen LogP contribution >= 0.6 is 0 Å². The first-order valence-corrected chi connectivity index (χ1v) is 15.9. The van der Waals surface area contributed by atoms with Crippen molar-refractivity contribution in [2.24, 2.45) is 0 Å². The highest BCUT2D eigenvalue weighted by atomic mass is 19.1. The average molecular weight is 612 g/mol. The minimum Gasteiger partial charge on any atom is -0.508 e. The van der Waals surface area contributed by atoms with Gasteiger partial charge in [-0.05, 0) is 99.5 Å². The Morgan fingerprint density at radius 2 is 1.80 bits per heavy atom. The topological polar surface area (TPSA) is 83.8 Å². The molecular formula is C35H35F2N5O3. The Kier molecular flexibility index (Phi) is 6.80. The van der Waals surface area contributed by atoms with E-state index in [9.17, 15) is 9.50 Å². The second kappa shape index (κ2) is 10.8. The summed E-state index contributed by atoms with van der Waals surface area (Å²) < 4.78 is 43.9. The van der Waals surface area contributed by atoms with Crippen molar-refractivity contribution in [1.29, 1.82) is 0 Å². The van der Waals surface area contributed by atoms with Crippen LogP contribution in [0.15, 0.2) is 30.3 Å². The van der Waals surface area contributed by atoms with E-state index in [-0.39, 0.29) is 39.7 Å². The number of hydrogen-bond acceptors (Lipinski definition) is 8. The number of piperidine rings is 1. The Hall–Kier alpha value is -4.07. The van der Waals surface area contributed by atoms with Gasteiger partial charge in [-0.2, -0.15) is 9.97 Å². The molecule has 0 amide bonds. The van der Waals surface area contributed by atoms with Crippen molar-refractivity contribution < 1.29 is 23.4 Å². The molecule has 0 saturated carbocycles. The minimum absolute atomic E-state index is 0.0343. The third kappa shape index (κ3) is 4.75. The number of phenols is 1. The minimum atomic E-state index is -0.704. The van der Waals surface area contributed by atoms with Crippen LogP contribution < -0.4 is 9.64 Å². The Morgan fingerprint density at radius 1 is 1.00 bits per heavy atom. The molecule has 10 heteroatoms. The molecule has 0 bridgehead atoms. The Labute approximate surface area is 260 Å². The molecule has 1 spiro atoms. The van der Waals surface area contributed by atoms with Gasteiger partial charge in [0.15, 0.2) is 5.82 Å². The van der Waals surface area contributed by atoms with E-state index in [0.717, 1.165) is 64.6 Å². The van der Waals surface area contributed by atoms with Crippen molar-refractivity contribution in [3.05, 3.63) is 47.7 Å². The molecule has 4 aliphatic heterocycles. The molecule has 1 N–H and O–H groups in total. The predicted molar refractivity (Wildman–Crippen MR) is 167 cm³/mol. The standard InChI is InChI=1S/C35H35F2N5O3/c1-2-6-27-28-31(29(37)30(38-27)26-19-24(43)17-22-7-8-23(36)18-25(22)26)39-33(44-21-34-9-3-14-42(34)15-4-10-34)40-32(28)41-13-5-11-35(20-41)12-16-45-35/h7-8,17-19,43H,3-5,9-16,20-21H2,1H3. The van der Waals surface area contributed by atoms with Crippen LogP contribution in [-0.2, 0) is 4.74 Å². The molecule has 1 atom stereocenters. The van der Waals surface area contributed by atoms with Crippen LogP contribution in [0.1, 0.15) is 57.6 Å². The Morgan fingerprint density at radius 3 is 2.56 bits per heavy atom. The fourth-order valence-electron chi connectivity index (χ4n) is 7.98. The number of pyridine rings is 1. The number of rotatable bonds is 5. The predicted octanol–water partition coefficient (Wildman–Crippen LogP) is 5.97. The molecule has 8 nitrogen and oxygen atoms in total. The van der Waals surface area contributed by atoms with Gasteiger partial charge in [0.05, 0.1) is 23.1 Å². The zero-order valence-electron chi connectivity index (χ0n) is 25.3. The number of aromatic hydroxyl groups is 1. The maximum Gasteiger partial charge on any atom is 0.319 e. The molecule has 6 heterocycles. The second-order valence-electron chi connectivity index (χ2n) is 12.9. The van der Waals surface area contributed by atoms with E-state index in [0.29, 0.717) is 47.4 Å². The summed E-state index contributed by atoms with van der Waals surface area (Å²) in [6, 6.07) is 7.20. The van der Waals surface area contributed by atoms with E-state index in [1.54, 1.807) is 13.0 Å². The molecule has 4 aliphatic rings. The SMILES string of the molecule is CC#Cc1nc(-c2cc(O)cc3ccc(F)cc23)c(F)c2nc(OCC34CCCN3CCC4)nc(N3CCCC4(CCO4)C3)c12. The highest BCUT2D eigenvalue weighted by molar-refractivity contribution is 6.01. The third-order valence-corrected chi connectivity index (χ3v) is 10.2. The summed E-state index contributed by atoms with van der Waals surface area (Å²) in [5, 5.41) is 11.9. The normalized spacial score (nSPS) is 22.4. The molecule has 8 rings (SSSR count). The first-order valence-electron chi connectivity index (χ1n) is 15.9. The van der Waals surface area contributed by atoms with E-state index in [1.165, 1.54) is 24.3 Å². The number of aromatic nitrogens is 3. The van der Waals surface area contributed by atoms with Gasteiger partial charge >= 0.3 is 6.01 Å². The first kappa shape index (κ1) is 28.4. The van der Waals surface area contributed by atoms with E-state index in [1.807, 2.05) is 0 Å². The molecule has 0 radical (unpaired) electrons. The number of fused-ring (bicyclic) bond motifs is 3. The quantitative estimate of drug-likeness (QED) is 0.277. The Balaban J connectivity index is 1.33. The monoisotopic (exact) mass is 611 g/mol. The van der Waals surface area contributed by atoms with Crippen LogP contribution in [0.3, 0.4) is 0 Å². The summed E-state index contributed by atoms with van der Waals surface area (Å²) in [6.45, 7) is 6.31. The van der Waals surface area contributed by atoms with Gasteiger partial charge in [0.2, 0.25) is 0 Å². The molecule has 45 heavy (non-hydrogen) atoms. The van der Waals surface area contributed by atoms with Gasteiger partial charge in [0.25, 0.3) is 0 Å². The van der Waals surface area contributed by atoms with E-state index in [2.05, 4.69) is 21.6 Å². The molecule has 2 aromatic carbocycles. The van der Waals surface area contributed by atoms with Gasteiger partial charge in [-0.25, -0.2) is 13.8 Å². The van der Waals surface area contributed by atoms with E-state index < -0.39 is 11.6 Å². The highest BCUT2D eigenvalue weighted by Crippen LogP contribution is 2.43. The number of nitrogens with zero attached hydrogens (tertiary/aromatic N) is 5. The molecule has 4 fully saturated rings. The fourth-order valence-corrected chi connectivity index (χ4v) is 7.98. The Bertz CT molecular complexity index is 1890. The number of halogens is 2. The lowest BCUT2D eigenvalue weighted by molar-refractivity contribution is -0.151. The maximum atomic E-state index is 17.0. The van der Waals surface area contributed by atoms with Crippen LogP contribution in [0.4, 0.5) is 14.6 Å². The van der Waals surface area contributed by atoms with Crippen LogP contribution in [-0.4, -0.2) is 75.5 Å².